The van der Waals surface area contributed by atoms with Crippen LogP contribution >= 0.6 is 0 Å². The number of nitrogens with zero attached hydrogens (tertiary/aromatic N) is 2. The number of aliphatic imine (C=N–C) groups is 2. The lowest BCUT2D eigenvalue weighted by Gasteiger charge is -2.20. The molecule has 10 nitrogen and oxygen atoms in total. The number of carboxylic acid groups (broad SMARTS) is 1. The summed E-state index contributed by atoms with van der Waals surface area (Å²) in [6, 6.07) is 11.7. The fraction of sp³-hybridized carbons (Fsp3) is 0.346. The number of guanidine groups is 1. The number of Topliss-reactive ketones (excluding diaryl/α,β-unsaturated/α-hetero) is 1. The molecule has 0 aromatic heterocycles. The standard InChI is InChI=1S/C26H30N4O6/c1-16-5-8-23(33)22(11-16)17(13-24(34)35)6-7-20(31)9-10-27-25(36)18-3-2-4-19(12-18)30-26-28-14-21(32)15-29-26/h2-5,8,10-12,17,21,32-33H,6-7,9,13-15H2,1H3,(H,34,35)(H2,28,29,30). The summed E-state index contributed by atoms with van der Waals surface area (Å²) in [7, 11) is 0. The van der Waals surface area contributed by atoms with Gasteiger partial charge in [0.25, 0.3) is 5.91 Å². The summed E-state index contributed by atoms with van der Waals surface area (Å²) in [5.74, 6) is -1.71. The van der Waals surface area contributed by atoms with E-state index in [1.54, 1.807) is 36.4 Å². The van der Waals surface area contributed by atoms with Gasteiger partial charge >= 0.3 is 5.97 Å². The molecule has 0 bridgehead atoms. The molecule has 1 aliphatic heterocycles. The maximum atomic E-state index is 12.4. The zero-order chi connectivity index (χ0) is 26.1. The van der Waals surface area contributed by atoms with E-state index in [4.69, 9.17) is 0 Å². The molecule has 10 heteroatoms. The number of phenols is 1. The van der Waals surface area contributed by atoms with Crippen molar-refractivity contribution in [2.75, 3.05) is 18.4 Å². The predicted octanol–water partition coefficient (Wildman–Crippen LogP) is 2.64. The Kier molecular flexibility index (Phi) is 9.29. The Morgan fingerprint density at radius 3 is 2.78 bits per heavy atom. The van der Waals surface area contributed by atoms with Crippen molar-refractivity contribution in [1.29, 1.82) is 0 Å². The Hall–Kier alpha value is -4.05. The molecule has 0 saturated heterocycles. The molecule has 1 amide bonds. The lowest BCUT2D eigenvalue weighted by Crippen LogP contribution is -2.42. The topological polar surface area (TPSA) is 161 Å². The van der Waals surface area contributed by atoms with Gasteiger partial charge in [0.15, 0.2) is 5.96 Å². The first-order valence-corrected chi connectivity index (χ1v) is 11.6. The highest BCUT2D eigenvalue weighted by atomic mass is 16.4. The number of carbonyl (C=O) groups is 3. The number of aliphatic hydroxyl groups is 1. The number of phenolic OH excluding ortho intramolecular Hbond substituents is 1. The SMILES string of the molecule is Cc1ccc(O)c(C(CCC(=O)CC=NC(=O)c2cccc(NC3=NCC(O)CN3)c2)CC(=O)O)c1. The zero-order valence-corrected chi connectivity index (χ0v) is 20.0. The van der Waals surface area contributed by atoms with Crippen molar-refractivity contribution < 1.29 is 29.7 Å². The van der Waals surface area contributed by atoms with Gasteiger partial charge in [0, 0.05) is 36.9 Å². The van der Waals surface area contributed by atoms with Crippen LogP contribution in [0.1, 0.15) is 53.1 Å². The molecule has 5 N–H and O–H groups in total. The van der Waals surface area contributed by atoms with Crippen molar-refractivity contribution in [3.63, 3.8) is 0 Å². The fourth-order valence-electron chi connectivity index (χ4n) is 3.80. The summed E-state index contributed by atoms with van der Waals surface area (Å²) in [6.07, 6.45) is 0.811. The smallest absolute Gasteiger partial charge is 0.303 e. The van der Waals surface area contributed by atoms with E-state index in [0.29, 0.717) is 29.3 Å². The molecule has 1 aliphatic rings. The maximum absolute atomic E-state index is 12.4. The van der Waals surface area contributed by atoms with Crippen molar-refractivity contribution >= 4 is 35.5 Å². The van der Waals surface area contributed by atoms with Gasteiger partial charge in [-0.25, -0.2) is 4.99 Å². The van der Waals surface area contributed by atoms with Crippen molar-refractivity contribution in [3.05, 3.63) is 59.2 Å². The average molecular weight is 495 g/mol. The third-order valence-corrected chi connectivity index (χ3v) is 5.68. The highest BCUT2D eigenvalue weighted by Crippen LogP contribution is 2.32. The first kappa shape index (κ1) is 26.6. The molecular formula is C26H30N4O6. The lowest BCUT2D eigenvalue weighted by atomic mass is 9.88. The molecule has 36 heavy (non-hydrogen) atoms. The number of hydrogen-bond donors (Lipinski definition) is 5. The van der Waals surface area contributed by atoms with E-state index in [9.17, 15) is 29.7 Å². The van der Waals surface area contributed by atoms with Gasteiger partial charge in [-0.05, 0) is 49.1 Å². The Labute approximate surface area is 208 Å². The number of nitrogens with one attached hydrogen (secondary N) is 2. The van der Waals surface area contributed by atoms with Crippen molar-refractivity contribution in [3.8, 4) is 5.75 Å². The molecule has 0 aliphatic carbocycles. The largest absolute Gasteiger partial charge is 0.508 e. The Morgan fingerprint density at radius 1 is 1.25 bits per heavy atom. The number of amides is 1. The number of rotatable bonds is 10. The molecule has 0 spiro atoms. The fourth-order valence-corrected chi connectivity index (χ4v) is 3.80. The Bertz CT molecular complexity index is 1180. The van der Waals surface area contributed by atoms with E-state index >= 15 is 0 Å². The van der Waals surface area contributed by atoms with Crippen LogP contribution < -0.4 is 10.6 Å². The summed E-state index contributed by atoms with van der Waals surface area (Å²) in [5, 5.41) is 34.9. The lowest BCUT2D eigenvalue weighted by molar-refractivity contribution is -0.137. The summed E-state index contributed by atoms with van der Waals surface area (Å²) in [4.78, 5) is 44.2. The summed E-state index contributed by atoms with van der Waals surface area (Å²) < 4.78 is 0. The van der Waals surface area contributed by atoms with Crippen molar-refractivity contribution in [2.24, 2.45) is 9.98 Å². The summed E-state index contributed by atoms with van der Waals surface area (Å²) in [6.45, 7) is 2.51. The quantitative estimate of drug-likeness (QED) is 0.315. The second kappa shape index (κ2) is 12.6. The Balaban J connectivity index is 1.54. The van der Waals surface area contributed by atoms with Gasteiger partial charge in [-0.3, -0.25) is 19.4 Å². The number of hydrogen-bond acceptors (Lipinski definition) is 8. The van der Waals surface area contributed by atoms with Gasteiger partial charge in [0.1, 0.15) is 11.5 Å². The normalized spacial score (nSPS) is 16.2. The van der Waals surface area contributed by atoms with E-state index in [-0.39, 0.29) is 43.8 Å². The maximum Gasteiger partial charge on any atom is 0.303 e. The first-order valence-electron chi connectivity index (χ1n) is 11.6. The van der Waals surface area contributed by atoms with Gasteiger partial charge < -0.3 is 26.0 Å². The van der Waals surface area contributed by atoms with Crippen LogP contribution in [-0.2, 0) is 9.59 Å². The molecule has 0 saturated carbocycles. The highest BCUT2D eigenvalue weighted by molar-refractivity contribution is 6.03. The highest BCUT2D eigenvalue weighted by Gasteiger charge is 2.20. The van der Waals surface area contributed by atoms with E-state index in [1.165, 1.54) is 12.3 Å². The van der Waals surface area contributed by atoms with Crippen LogP contribution in [0.2, 0.25) is 0 Å². The number of aliphatic hydroxyl groups excluding tert-OH is 1. The first-order chi connectivity index (χ1) is 17.2. The van der Waals surface area contributed by atoms with Crippen LogP contribution in [0.3, 0.4) is 0 Å². The molecule has 2 unspecified atom stereocenters. The molecule has 2 aromatic rings. The predicted molar refractivity (Wildman–Crippen MR) is 136 cm³/mol. The summed E-state index contributed by atoms with van der Waals surface area (Å²) in [5.41, 5.74) is 2.35. The van der Waals surface area contributed by atoms with Crippen LogP contribution in [-0.4, -0.2) is 64.3 Å². The van der Waals surface area contributed by atoms with E-state index < -0.39 is 23.9 Å². The van der Waals surface area contributed by atoms with Crippen LogP contribution in [0, 0.1) is 6.92 Å². The second-order valence-corrected chi connectivity index (χ2v) is 8.69. The van der Waals surface area contributed by atoms with Gasteiger partial charge in [-0.2, -0.15) is 0 Å². The molecular weight excluding hydrogens is 464 g/mol. The molecule has 0 radical (unpaired) electrons. The van der Waals surface area contributed by atoms with Crippen LogP contribution in [0.5, 0.6) is 5.75 Å². The third-order valence-electron chi connectivity index (χ3n) is 5.68. The number of aliphatic carboxylic acids is 1. The Morgan fingerprint density at radius 2 is 2.06 bits per heavy atom. The zero-order valence-electron chi connectivity index (χ0n) is 20.0. The molecule has 1 heterocycles. The number of ketones is 1. The minimum atomic E-state index is -1.01. The minimum Gasteiger partial charge on any atom is -0.508 e. The van der Waals surface area contributed by atoms with Gasteiger partial charge in [0.2, 0.25) is 0 Å². The second-order valence-electron chi connectivity index (χ2n) is 8.69. The average Bonchev–Trinajstić information content (AvgIpc) is 2.84. The number of carboxylic acids is 1. The molecule has 3 rings (SSSR count). The molecule has 190 valence electrons. The number of carbonyl (C=O) groups excluding carboxylic acids is 2. The number of aromatic hydroxyl groups is 1. The number of β-amino-alcohol motifs (C(OH)–C–C–N with tert-alkyl or cyclic N) is 1. The molecule has 2 aromatic carbocycles. The van der Waals surface area contributed by atoms with E-state index in [1.807, 2.05) is 6.92 Å². The number of anilines is 1. The van der Waals surface area contributed by atoms with Crippen LogP contribution in [0.4, 0.5) is 5.69 Å². The van der Waals surface area contributed by atoms with E-state index in [2.05, 4.69) is 20.6 Å². The van der Waals surface area contributed by atoms with Gasteiger partial charge in [-0.1, -0.05) is 23.8 Å². The van der Waals surface area contributed by atoms with E-state index in [0.717, 1.165) is 5.56 Å². The van der Waals surface area contributed by atoms with Crippen LogP contribution in [0.15, 0.2) is 52.4 Å². The number of aryl methyl sites for hydroxylation is 1. The number of benzene rings is 2. The van der Waals surface area contributed by atoms with Gasteiger partial charge in [-0.15, -0.1) is 0 Å². The monoisotopic (exact) mass is 494 g/mol. The van der Waals surface area contributed by atoms with Crippen molar-refractivity contribution in [1.82, 2.24) is 5.32 Å². The summed E-state index contributed by atoms with van der Waals surface area (Å²) >= 11 is 0. The van der Waals surface area contributed by atoms with Gasteiger partial charge in [0.05, 0.1) is 19.1 Å². The molecule has 0 fully saturated rings. The molecule has 2 atom stereocenters. The third kappa shape index (κ3) is 8.02. The van der Waals surface area contributed by atoms with Crippen LogP contribution in [0.25, 0.3) is 0 Å². The van der Waals surface area contributed by atoms with Crippen molar-refractivity contribution in [2.45, 2.75) is 44.6 Å². The minimum absolute atomic E-state index is 0.00658.